The Kier molecular flexibility index (Phi) is 4.62. The zero-order chi connectivity index (χ0) is 11.4. The van der Waals surface area contributed by atoms with Gasteiger partial charge in [-0.05, 0) is 71.9 Å². The van der Waals surface area contributed by atoms with Crippen LogP contribution in [0.15, 0.2) is 0 Å². The Morgan fingerprint density at radius 2 is 2.25 bits per heavy atom. The van der Waals surface area contributed by atoms with E-state index in [1.807, 2.05) is 0 Å². The second-order valence-corrected chi connectivity index (χ2v) is 5.69. The lowest BCUT2D eigenvalue weighted by atomic mass is 10.0. The van der Waals surface area contributed by atoms with Crippen molar-refractivity contribution < 1.29 is 0 Å². The third-order valence-corrected chi connectivity index (χ3v) is 4.28. The summed E-state index contributed by atoms with van der Waals surface area (Å²) in [5, 5.41) is 3.45. The summed E-state index contributed by atoms with van der Waals surface area (Å²) in [4.78, 5) is 5.05. The number of rotatable bonds is 5. The SMILES string of the molecule is CN(CCC1CCNC1)CC1CCCN1C. The first kappa shape index (κ1) is 12.3. The van der Waals surface area contributed by atoms with Crippen molar-refractivity contribution >= 4 is 0 Å². The van der Waals surface area contributed by atoms with E-state index in [2.05, 4.69) is 29.2 Å². The van der Waals surface area contributed by atoms with Gasteiger partial charge >= 0.3 is 0 Å². The smallest absolute Gasteiger partial charge is 0.0220 e. The largest absolute Gasteiger partial charge is 0.316 e. The molecule has 2 rings (SSSR count). The normalized spacial score (nSPS) is 31.7. The Labute approximate surface area is 100 Å². The molecule has 2 unspecified atom stereocenters. The number of nitrogens with zero attached hydrogens (tertiary/aromatic N) is 2. The minimum absolute atomic E-state index is 0.812. The fourth-order valence-corrected chi connectivity index (χ4v) is 3.02. The van der Waals surface area contributed by atoms with E-state index in [1.54, 1.807) is 0 Å². The zero-order valence-corrected chi connectivity index (χ0v) is 10.9. The highest BCUT2D eigenvalue weighted by Crippen LogP contribution is 2.17. The minimum atomic E-state index is 0.812. The van der Waals surface area contributed by atoms with Gasteiger partial charge in [0.15, 0.2) is 0 Å². The van der Waals surface area contributed by atoms with Crippen LogP contribution < -0.4 is 5.32 Å². The van der Waals surface area contributed by atoms with Crippen molar-refractivity contribution in [3.8, 4) is 0 Å². The van der Waals surface area contributed by atoms with Crippen LogP contribution in [-0.2, 0) is 0 Å². The standard InChI is InChI=1S/C13H27N3/c1-15(9-6-12-5-7-14-10-12)11-13-4-3-8-16(13)2/h12-14H,3-11H2,1-2H3. The van der Waals surface area contributed by atoms with Crippen LogP contribution in [0.25, 0.3) is 0 Å². The molecule has 3 nitrogen and oxygen atoms in total. The van der Waals surface area contributed by atoms with E-state index in [0.29, 0.717) is 0 Å². The average Bonchev–Trinajstić information content (AvgIpc) is 2.88. The lowest BCUT2D eigenvalue weighted by molar-refractivity contribution is 0.212. The number of likely N-dealkylation sites (tertiary alicyclic amines) is 1. The highest BCUT2D eigenvalue weighted by Gasteiger charge is 2.22. The molecule has 94 valence electrons. The van der Waals surface area contributed by atoms with Gasteiger partial charge in [-0.3, -0.25) is 0 Å². The zero-order valence-electron chi connectivity index (χ0n) is 10.9. The number of hydrogen-bond acceptors (Lipinski definition) is 3. The quantitative estimate of drug-likeness (QED) is 0.753. The molecular formula is C13H27N3. The highest BCUT2D eigenvalue weighted by molar-refractivity contribution is 4.79. The van der Waals surface area contributed by atoms with Gasteiger partial charge in [-0.1, -0.05) is 0 Å². The molecule has 2 aliphatic heterocycles. The fourth-order valence-electron chi connectivity index (χ4n) is 3.02. The van der Waals surface area contributed by atoms with Crippen molar-refractivity contribution in [1.29, 1.82) is 0 Å². The third kappa shape index (κ3) is 3.44. The first-order valence-corrected chi connectivity index (χ1v) is 6.85. The summed E-state index contributed by atoms with van der Waals surface area (Å²) >= 11 is 0. The summed E-state index contributed by atoms with van der Waals surface area (Å²) in [5.41, 5.74) is 0. The molecule has 16 heavy (non-hydrogen) atoms. The maximum Gasteiger partial charge on any atom is 0.0220 e. The van der Waals surface area contributed by atoms with Crippen LogP contribution >= 0.6 is 0 Å². The molecule has 2 aliphatic rings. The second-order valence-electron chi connectivity index (χ2n) is 5.69. The summed E-state index contributed by atoms with van der Waals surface area (Å²) in [7, 11) is 4.56. The molecule has 3 heteroatoms. The fraction of sp³-hybridized carbons (Fsp3) is 1.00. The molecule has 0 spiro atoms. The van der Waals surface area contributed by atoms with Gasteiger partial charge in [0.2, 0.25) is 0 Å². The van der Waals surface area contributed by atoms with E-state index in [9.17, 15) is 0 Å². The highest BCUT2D eigenvalue weighted by atomic mass is 15.2. The molecule has 1 N–H and O–H groups in total. The second kappa shape index (κ2) is 5.99. The van der Waals surface area contributed by atoms with Gasteiger partial charge in [0.25, 0.3) is 0 Å². The van der Waals surface area contributed by atoms with E-state index in [1.165, 1.54) is 58.4 Å². The summed E-state index contributed by atoms with van der Waals surface area (Å²) in [5.74, 6) is 0.934. The molecular weight excluding hydrogens is 198 g/mol. The Bertz CT molecular complexity index is 201. The maximum atomic E-state index is 3.45. The van der Waals surface area contributed by atoms with E-state index in [-0.39, 0.29) is 0 Å². The Balaban J connectivity index is 1.61. The molecule has 0 aromatic carbocycles. The molecule has 2 fully saturated rings. The van der Waals surface area contributed by atoms with E-state index >= 15 is 0 Å². The van der Waals surface area contributed by atoms with Gasteiger partial charge in [0.1, 0.15) is 0 Å². The summed E-state index contributed by atoms with van der Waals surface area (Å²) in [6.07, 6.45) is 5.55. The van der Waals surface area contributed by atoms with Crippen molar-refractivity contribution in [3.05, 3.63) is 0 Å². The first-order valence-electron chi connectivity index (χ1n) is 6.85. The molecule has 0 aromatic heterocycles. The van der Waals surface area contributed by atoms with Crippen LogP contribution in [0.3, 0.4) is 0 Å². The lowest BCUT2D eigenvalue weighted by Gasteiger charge is -2.26. The molecule has 0 radical (unpaired) electrons. The van der Waals surface area contributed by atoms with Gasteiger partial charge in [0.05, 0.1) is 0 Å². The number of likely N-dealkylation sites (N-methyl/N-ethyl adjacent to an activating group) is 2. The molecule has 2 saturated heterocycles. The predicted octanol–water partition coefficient (Wildman–Crippen LogP) is 1.01. The van der Waals surface area contributed by atoms with Crippen molar-refractivity contribution in [3.63, 3.8) is 0 Å². The van der Waals surface area contributed by atoms with Gasteiger partial charge in [0, 0.05) is 12.6 Å². The van der Waals surface area contributed by atoms with Crippen LogP contribution in [0.5, 0.6) is 0 Å². The maximum absolute atomic E-state index is 3.45. The van der Waals surface area contributed by atoms with E-state index in [4.69, 9.17) is 0 Å². The first-order chi connectivity index (χ1) is 7.75. The molecule has 2 heterocycles. The summed E-state index contributed by atoms with van der Waals surface area (Å²) in [6, 6.07) is 0.812. The van der Waals surface area contributed by atoms with Gasteiger partial charge in [-0.2, -0.15) is 0 Å². The number of hydrogen-bond donors (Lipinski definition) is 1. The predicted molar refractivity (Wildman–Crippen MR) is 68.7 cm³/mol. The van der Waals surface area contributed by atoms with Crippen LogP contribution in [0, 0.1) is 5.92 Å². The molecule has 0 saturated carbocycles. The van der Waals surface area contributed by atoms with Crippen molar-refractivity contribution in [2.24, 2.45) is 5.92 Å². The van der Waals surface area contributed by atoms with E-state index < -0.39 is 0 Å². The minimum Gasteiger partial charge on any atom is -0.316 e. The Morgan fingerprint density at radius 3 is 2.88 bits per heavy atom. The molecule has 2 atom stereocenters. The van der Waals surface area contributed by atoms with Crippen LogP contribution in [0.4, 0.5) is 0 Å². The van der Waals surface area contributed by atoms with Crippen LogP contribution in [-0.4, -0.2) is 62.7 Å². The van der Waals surface area contributed by atoms with Crippen LogP contribution in [0.1, 0.15) is 25.7 Å². The van der Waals surface area contributed by atoms with Gasteiger partial charge in [-0.25, -0.2) is 0 Å². The molecule has 0 aromatic rings. The Morgan fingerprint density at radius 1 is 1.38 bits per heavy atom. The monoisotopic (exact) mass is 225 g/mol. The molecule has 0 aliphatic carbocycles. The summed E-state index contributed by atoms with van der Waals surface area (Å²) in [6.45, 7) is 6.31. The lowest BCUT2D eigenvalue weighted by Crippen LogP contribution is -2.37. The average molecular weight is 225 g/mol. The topological polar surface area (TPSA) is 18.5 Å². The van der Waals surface area contributed by atoms with Gasteiger partial charge in [-0.15, -0.1) is 0 Å². The van der Waals surface area contributed by atoms with Gasteiger partial charge < -0.3 is 15.1 Å². The molecule has 0 bridgehead atoms. The van der Waals surface area contributed by atoms with Crippen LogP contribution in [0.2, 0.25) is 0 Å². The van der Waals surface area contributed by atoms with E-state index in [0.717, 1.165) is 12.0 Å². The van der Waals surface area contributed by atoms with Crippen molar-refractivity contribution in [2.75, 3.05) is 46.8 Å². The van der Waals surface area contributed by atoms with Crippen molar-refractivity contribution in [1.82, 2.24) is 15.1 Å². The van der Waals surface area contributed by atoms with Crippen molar-refractivity contribution in [2.45, 2.75) is 31.7 Å². The summed E-state index contributed by atoms with van der Waals surface area (Å²) < 4.78 is 0. The number of nitrogens with one attached hydrogen (secondary N) is 1. The Hall–Kier alpha value is -0.120. The molecule has 0 amide bonds. The third-order valence-electron chi connectivity index (χ3n) is 4.28.